The minimum absolute atomic E-state index is 0.0931. The van der Waals surface area contributed by atoms with Gasteiger partial charge in [-0.15, -0.1) is 0 Å². The lowest BCUT2D eigenvalue weighted by molar-refractivity contribution is -0.0710. The molecule has 0 bridgehead atoms. The summed E-state index contributed by atoms with van der Waals surface area (Å²) < 4.78 is 7.07. The molecule has 2 atom stereocenters. The molecule has 0 spiro atoms. The van der Waals surface area contributed by atoms with Crippen LogP contribution in [0.15, 0.2) is 47.2 Å². The maximum atomic E-state index is 5.99. The summed E-state index contributed by atoms with van der Waals surface area (Å²) in [5.41, 5.74) is 1.21. The number of halogens is 1. The van der Waals surface area contributed by atoms with Crippen LogP contribution in [-0.4, -0.2) is 34.1 Å². The molecule has 0 saturated carbocycles. The fourth-order valence-electron chi connectivity index (χ4n) is 2.67. The lowest BCUT2D eigenvalue weighted by Gasteiger charge is -2.39. The molecule has 21 heavy (non-hydrogen) atoms. The van der Waals surface area contributed by atoms with Crippen LogP contribution in [0.1, 0.15) is 24.4 Å². The van der Waals surface area contributed by atoms with E-state index in [0.717, 1.165) is 30.0 Å². The van der Waals surface area contributed by atoms with E-state index in [2.05, 4.69) is 62.0 Å². The van der Waals surface area contributed by atoms with E-state index in [9.17, 15) is 0 Å². The van der Waals surface area contributed by atoms with Gasteiger partial charge in [0.15, 0.2) is 0 Å². The van der Waals surface area contributed by atoms with Crippen LogP contribution in [0.3, 0.4) is 0 Å². The highest BCUT2D eigenvalue weighted by Gasteiger charge is 2.30. The number of hydrogen-bond acceptors (Lipinski definition) is 4. The van der Waals surface area contributed by atoms with Gasteiger partial charge in [-0.25, -0.2) is 9.97 Å². The van der Waals surface area contributed by atoms with Gasteiger partial charge < -0.3 is 4.74 Å². The van der Waals surface area contributed by atoms with E-state index in [1.807, 2.05) is 6.07 Å². The average Bonchev–Trinajstić information content (AvgIpc) is 2.52. The molecule has 1 aromatic heterocycles. The molecule has 2 aromatic rings. The van der Waals surface area contributed by atoms with Crippen LogP contribution in [-0.2, 0) is 11.3 Å². The second-order valence-corrected chi connectivity index (χ2v) is 6.13. The maximum absolute atomic E-state index is 5.99. The Morgan fingerprint density at radius 3 is 2.67 bits per heavy atom. The van der Waals surface area contributed by atoms with Crippen molar-refractivity contribution in [2.45, 2.75) is 25.6 Å². The molecule has 1 fully saturated rings. The summed E-state index contributed by atoms with van der Waals surface area (Å²) in [6.45, 7) is 4.61. The highest BCUT2D eigenvalue weighted by molar-refractivity contribution is 9.10. The second-order valence-electron chi connectivity index (χ2n) is 5.22. The van der Waals surface area contributed by atoms with Crippen molar-refractivity contribution in [2.24, 2.45) is 0 Å². The van der Waals surface area contributed by atoms with E-state index in [1.165, 1.54) is 5.56 Å². The Labute approximate surface area is 133 Å². The Hall–Kier alpha value is -1.30. The van der Waals surface area contributed by atoms with Crippen molar-refractivity contribution < 1.29 is 4.74 Å². The molecule has 0 aliphatic carbocycles. The average molecular weight is 348 g/mol. The molecular weight excluding hydrogens is 330 g/mol. The van der Waals surface area contributed by atoms with Crippen molar-refractivity contribution in [1.29, 1.82) is 0 Å². The third-order valence-corrected chi connectivity index (χ3v) is 4.38. The van der Waals surface area contributed by atoms with Gasteiger partial charge in [-0.05, 0) is 30.7 Å². The fourth-order valence-corrected chi connectivity index (χ4v) is 2.94. The summed E-state index contributed by atoms with van der Waals surface area (Å²) in [7, 11) is 0. The molecule has 110 valence electrons. The smallest absolute Gasteiger partial charge is 0.142 e. The Morgan fingerprint density at radius 2 is 1.95 bits per heavy atom. The van der Waals surface area contributed by atoms with Gasteiger partial charge in [-0.3, -0.25) is 4.90 Å². The first-order chi connectivity index (χ1) is 10.2. The highest BCUT2D eigenvalue weighted by atomic mass is 79.9. The van der Waals surface area contributed by atoms with Gasteiger partial charge in [-0.1, -0.05) is 28.1 Å². The van der Waals surface area contributed by atoms with E-state index >= 15 is 0 Å². The molecule has 5 heteroatoms. The van der Waals surface area contributed by atoms with Crippen molar-refractivity contribution in [3.05, 3.63) is 58.6 Å². The van der Waals surface area contributed by atoms with Crippen molar-refractivity contribution in [3.8, 4) is 0 Å². The molecule has 1 aliphatic heterocycles. The van der Waals surface area contributed by atoms with Crippen LogP contribution < -0.4 is 0 Å². The zero-order valence-electron chi connectivity index (χ0n) is 11.9. The van der Waals surface area contributed by atoms with Crippen LogP contribution in [0.25, 0.3) is 0 Å². The largest absolute Gasteiger partial charge is 0.371 e. The SMILES string of the molecule is CC1C(c2ccc(Br)cc2)OCCN1Cc1ncccn1. The normalized spacial score (nSPS) is 23.1. The minimum atomic E-state index is 0.0931. The minimum Gasteiger partial charge on any atom is -0.371 e. The molecule has 0 radical (unpaired) electrons. The van der Waals surface area contributed by atoms with Crippen LogP contribution >= 0.6 is 15.9 Å². The van der Waals surface area contributed by atoms with Gasteiger partial charge in [-0.2, -0.15) is 0 Å². The van der Waals surface area contributed by atoms with Gasteiger partial charge in [0.1, 0.15) is 5.82 Å². The van der Waals surface area contributed by atoms with E-state index in [-0.39, 0.29) is 6.10 Å². The molecule has 0 N–H and O–H groups in total. The maximum Gasteiger partial charge on any atom is 0.142 e. The molecule has 0 amide bonds. The number of morpholine rings is 1. The monoisotopic (exact) mass is 347 g/mol. The van der Waals surface area contributed by atoms with Crippen LogP contribution in [0, 0.1) is 0 Å². The Balaban J connectivity index is 1.74. The summed E-state index contributed by atoms with van der Waals surface area (Å²) in [6, 6.07) is 10.5. The number of benzene rings is 1. The summed E-state index contributed by atoms with van der Waals surface area (Å²) in [5, 5.41) is 0. The lowest BCUT2D eigenvalue weighted by Crippen LogP contribution is -2.45. The molecule has 4 nitrogen and oxygen atoms in total. The van der Waals surface area contributed by atoms with Crippen LogP contribution in [0.2, 0.25) is 0 Å². The predicted octanol–water partition coefficient (Wildman–Crippen LogP) is 3.20. The Morgan fingerprint density at radius 1 is 1.24 bits per heavy atom. The van der Waals surface area contributed by atoms with Crippen LogP contribution in [0.5, 0.6) is 0 Å². The zero-order valence-corrected chi connectivity index (χ0v) is 13.5. The summed E-state index contributed by atoms with van der Waals surface area (Å²) in [4.78, 5) is 11.0. The summed E-state index contributed by atoms with van der Waals surface area (Å²) in [5.74, 6) is 0.862. The lowest BCUT2D eigenvalue weighted by atomic mass is 10.0. The first-order valence-electron chi connectivity index (χ1n) is 7.11. The number of nitrogens with zero attached hydrogens (tertiary/aromatic N) is 3. The number of ether oxygens (including phenoxy) is 1. The Kier molecular flexibility index (Phi) is 4.63. The number of rotatable bonds is 3. The second kappa shape index (κ2) is 6.64. The number of hydrogen-bond donors (Lipinski definition) is 0. The number of aromatic nitrogens is 2. The van der Waals surface area contributed by atoms with Crippen LogP contribution in [0.4, 0.5) is 0 Å². The van der Waals surface area contributed by atoms with Gasteiger partial charge in [0.25, 0.3) is 0 Å². The zero-order chi connectivity index (χ0) is 14.7. The van der Waals surface area contributed by atoms with Crippen molar-refractivity contribution >= 4 is 15.9 Å². The van der Waals surface area contributed by atoms with Crippen molar-refractivity contribution in [2.75, 3.05) is 13.2 Å². The summed E-state index contributed by atoms with van der Waals surface area (Å²) in [6.07, 6.45) is 3.68. The van der Waals surface area contributed by atoms with Crippen molar-refractivity contribution in [3.63, 3.8) is 0 Å². The molecule has 1 saturated heterocycles. The first-order valence-corrected chi connectivity index (χ1v) is 7.90. The van der Waals surface area contributed by atoms with Gasteiger partial charge >= 0.3 is 0 Å². The van der Waals surface area contributed by atoms with Gasteiger partial charge in [0, 0.05) is 29.5 Å². The molecule has 1 aliphatic rings. The third kappa shape index (κ3) is 3.48. The third-order valence-electron chi connectivity index (χ3n) is 3.85. The highest BCUT2D eigenvalue weighted by Crippen LogP contribution is 2.29. The van der Waals surface area contributed by atoms with E-state index < -0.39 is 0 Å². The fraction of sp³-hybridized carbons (Fsp3) is 0.375. The molecule has 2 unspecified atom stereocenters. The van der Waals surface area contributed by atoms with Gasteiger partial charge in [0.2, 0.25) is 0 Å². The molecular formula is C16H18BrN3O. The molecule has 1 aromatic carbocycles. The quantitative estimate of drug-likeness (QED) is 0.854. The molecule has 3 rings (SSSR count). The standard InChI is InChI=1S/C16H18BrN3O/c1-12-16(13-3-5-14(17)6-4-13)21-10-9-20(12)11-15-18-7-2-8-19-15/h2-8,12,16H,9-11H2,1H3. The topological polar surface area (TPSA) is 38.2 Å². The first kappa shape index (κ1) is 14.6. The predicted molar refractivity (Wildman–Crippen MR) is 84.7 cm³/mol. The molecule has 2 heterocycles. The van der Waals surface area contributed by atoms with E-state index in [4.69, 9.17) is 4.74 Å². The Bertz CT molecular complexity index is 576. The summed E-state index contributed by atoms with van der Waals surface area (Å²) >= 11 is 3.47. The van der Waals surface area contributed by atoms with Crippen molar-refractivity contribution in [1.82, 2.24) is 14.9 Å². The van der Waals surface area contributed by atoms with E-state index in [1.54, 1.807) is 12.4 Å². The van der Waals surface area contributed by atoms with E-state index in [0.29, 0.717) is 6.04 Å². The van der Waals surface area contributed by atoms with Gasteiger partial charge in [0.05, 0.1) is 19.3 Å².